The third-order valence-electron chi connectivity index (χ3n) is 6.06. The van der Waals surface area contributed by atoms with Crippen molar-refractivity contribution in [1.82, 2.24) is 24.4 Å². The van der Waals surface area contributed by atoms with Crippen molar-refractivity contribution < 1.29 is 19.0 Å². The lowest BCUT2D eigenvalue weighted by atomic mass is 10.00. The molecule has 12 heteroatoms. The lowest BCUT2D eigenvalue weighted by Crippen LogP contribution is -2.46. The number of piperidine rings is 1. The van der Waals surface area contributed by atoms with Gasteiger partial charge in [-0.2, -0.15) is 0 Å². The Morgan fingerprint density at radius 1 is 1.25 bits per heavy atom. The van der Waals surface area contributed by atoms with Crippen molar-refractivity contribution >= 4 is 39.6 Å². The maximum absolute atomic E-state index is 12.8. The number of amides is 1. The molecule has 4 aliphatic heterocycles. The Balaban J connectivity index is 1.34. The molecule has 1 aromatic rings. The SMILES string of the molecule is CC(C)(C)OC(=O)N1CCCC[C@@H]1CCn1cnc(N)c2nc(Sc3cc4c(cc3Br)OCO4)nc1-2. The van der Waals surface area contributed by atoms with Gasteiger partial charge in [0.15, 0.2) is 34.0 Å². The Morgan fingerprint density at radius 3 is 2.81 bits per heavy atom. The molecule has 0 radical (unpaired) electrons. The molecule has 1 saturated heterocycles. The van der Waals surface area contributed by atoms with E-state index in [0.29, 0.717) is 47.1 Å². The number of aromatic nitrogens is 4. The maximum Gasteiger partial charge on any atom is 0.410 e. The molecular weight excluding hydrogens is 548 g/mol. The molecule has 0 bridgehead atoms. The number of carbonyl (C=O) groups is 1. The maximum atomic E-state index is 12.8. The number of aryl methyl sites for hydroxylation is 1. The fourth-order valence-corrected chi connectivity index (χ4v) is 5.72. The molecule has 0 saturated carbocycles. The van der Waals surface area contributed by atoms with E-state index < -0.39 is 5.60 Å². The number of rotatable bonds is 5. The van der Waals surface area contributed by atoms with E-state index in [1.54, 1.807) is 6.33 Å². The minimum Gasteiger partial charge on any atom is -0.454 e. The Morgan fingerprint density at radius 2 is 2.03 bits per heavy atom. The highest BCUT2D eigenvalue weighted by Gasteiger charge is 2.31. The first-order chi connectivity index (χ1) is 17.2. The molecule has 1 fully saturated rings. The Hall–Kier alpha value is -2.73. The lowest BCUT2D eigenvalue weighted by molar-refractivity contribution is 0.00838. The molecule has 1 atom stereocenters. The van der Waals surface area contributed by atoms with Gasteiger partial charge in [0.2, 0.25) is 6.79 Å². The summed E-state index contributed by atoms with van der Waals surface area (Å²) in [6.07, 6.45) is 5.22. The largest absolute Gasteiger partial charge is 0.454 e. The van der Waals surface area contributed by atoms with Crippen molar-refractivity contribution in [1.29, 1.82) is 0 Å². The molecule has 1 aromatic carbocycles. The monoisotopic (exact) mass is 576 g/mol. The zero-order chi connectivity index (χ0) is 25.4. The number of hydrogen-bond acceptors (Lipinski definition) is 9. The third-order valence-corrected chi connectivity index (χ3v) is 7.90. The van der Waals surface area contributed by atoms with Crippen LogP contribution in [0.3, 0.4) is 0 Å². The standard InChI is InChI=1S/C24H29BrN6O4S/c1-24(2,3)35-23(32)31-8-5-4-6-14(31)7-9-30-12-27-20(26)19-21(30)29-22(28-19)36-18-11-17-16(10-15(18)25)33-13-34-17/h10-12,14H,4-9,13,26H2,1-3H3/t14-/m1/s1. The van der Waals surface area contributed by atoms with Gasteiger partial charge in [-0.3, -0.25) is 0 Å². The van der Waals surface area contributed by atoms with Gasteiger partial charge < -0.3 is 29.4 Å². The van der Waals surface area contributed by atoms with E-state index in [4.69, 9.17) is 24.9 Å². The Bertz CT molecular complexity index is 1250. The van der Waals surface area contributed by atoms with Crippen molar-refractivity contribution in [3.05, 3.63) is 22.9 Å². The summed E-state index contributed by atoms with van der Waals surface area (Å²) in [6.45, 7) is 7.22. The van der Waals surface area contributed by atoms with E-state index in [1.807, 2.05) is 42.4 Å². The van der Waals surface area contributed by atoms with Gasteiger partial charge in [0.05, 0.1) is 6.33 Å². The van der Waals surface area contributed by atoms with Gasteiger partial charge in [-0.1, -0.05) is 0 Å². The van der Waals surface area contributed by atoms with Crippen LogP contribution < -0.4 is 15.2 Å². The average molecular weight is 578 g/mol. The Labute approximate surface area is 222 Å². The van der Waals surface area contributed by atoms with Gasteiger partial charge in [-0.05, 0) is 86.3 Å². The van der Waals surface area contributed by atoms with Crippen molar-refractivity contribution in [2.24, 2.45) is 0 Å². The van der Waals surface area contributed by atoms with E-state index in [9.17, 15) is 4.79 Å². The number of ether oxygens (including phenoxy) is 3. The molecule has 4 aliphatic rings. The zero-order valence-electron chi connectivity index (χ0n) is 20.5. The summed E-state index contributed by atoms with van der Waals surface area (Å²) in [6, 6.07) is 3.88. The number of nitrogens with zero attached hydrogens (tertiary/aromatic N) is 5. The van der Waals surface area contributed by atoms with Crippen LogP contribution in [-0.2, 0) is 11.3 Å². The summed E-state index contributed by atoms with van der Waals surface area (Å²) in [5.74, 6) is 2.39. The van der Waals surface area contributed by atoms with Gasteiger partial charge in [0.25, 0.3) is 0 Å². The molecular formula is C24H29BrN6O4S. The van der Waals surface area contributed by atoms with Crippen molar-refractivity contribution in [3.63, 3.8) is 0 Å². The van der Waals surface area contributed by atoms with Crippen LogP contribution in [0.1, 0.15) is 46.5 Å². The number of hydrogen-bond donors (Lipinski definition) is 1. The van der Waals surface area contributed by atoms with Gasteiger partial charge in [0, 0.05) is 28.5 Å². The summed E-state index contributed by atoms with van der Waals surface area (Å²) in [5, 5.41) is 0.561. The number of likely N-dealkylation sites (tertiary alicyclic amines) is 1. The van der Waals surface area contributed by atoms with Crippen molar-refractivity contribution in [2.75, 3.05) is 19.1 Å². The molecule has 0 unspecified atom stereocenters. The van der Waals surface area contributed by atoms with Gasteiger partial charge in [-0.15, -0.1) is 0 Å². The van der Waals surface area contributed by atoms with E-state index in [0.717, 1.165) is 35.1 Å². The van der Waals surface area contributed by atoms with Crippen LogP contribution in [0.4, 0.5) is 10.6 Å². The van der Waals surface area contributed by atoms with Gasteiger partial charge in [-0.25, -0.2) is 19.7 Å². The topological polar surface area (TPSA) is 118 Å². The first kappa shape index (κ1) is 24.9. The normalized spacial score (nSPS) is 17.6. The van der Waals surface area contributed by atoms with Crippen LogP contribution in [0.5, 0.6) is 11.5 Å². The van der Waals surface area contributed by atoms with Crippen molar-refractivity contribution in [2.45, 2.75) is 74.7 Å². The Kier molecular flexibility index (Phi) is 6.90. The molecule has 192 valence electrons. The van der Waals surface area contributed by atoms with Crippen LogP contribution in [0.25, 0.3) is 11.5 Å². The first-order valence-corrected chi connectivity index (χ1v) is 13.5. The van der Waals surface area contributed by atoms with Crippen LogP contribution in [0, 0.1) is 0 Å². The summed E-state index contributed by atoms with van der Waals surface area (Å²) in [7, 11) is 0. The number of benzene rings is 1. The predicted octanol–water partition coefficient (Wildman–Crippen LogP) is 5.18. The second kappa shape index (κ2) is 9.97. The molecule has 0 aromatic heterocycles. The van der Waals surface area contributed by atoms with E-state index in [1.165, 1.54) is 11.8 Å². The number of nitrogens with two attached hydrogens (primary N) is 1. The second-order valence-corrected chi connectivity index (χ2v) is 11.7. The van der Waals surface area contributed by atoms with Gasteiger partial charge >= 0.3 is 6.09 Å². The van der Waals surface area contributed by atoms with Gasteiger partial charge in [0.1, 0.15) is 5.60 Å². The number of carbonyl (C=O) groups excluding carboxylic acids is 1. The molecule has 4 heterocycles. The highest BCUT2D eigenvalue weighted by atomic mass is 79.9. The second-order valence-electron chi connectivity index (χ2n) is 9.85. The number of halogens is 1. The fraction of sp³-hybridized carbons (Fsp3) is 0.500. The fourth-order valence-electron chi connectivity index (χ4n) is 4.37. The van der Waals surface area contributed by atoms with Crippen LogP contribution >= 0.6 is 27.7 Å². The minimum atomic E-state index is -0.521. The molecule has 1 amide bonds. The number of anilines is 1. The minimum absolute atomic E-state index is 0.0926. The van der Waals surface area contributed by atoms with Crippen LogP contribution in [0.2, 0.25) is 0 Å². The number of nitrogen functional groups attached to an aromatic ring is 1. The average Bonchev–Trinajstić information content (AvgIpc) is 3.45. The van der Waals surface area contributed by atoms with Crippen molar-refractivity contribution in [3.8, 4) is 23.0 Å². The lowest BCUT2D eigenvalue weighted by Gasteiger charge is -2.37. The van der Waals surface area contributed by atoms with E-state index in [-0.39, 0.29) is 18.9 Å². The van der Waals surface area contributed by atoms with E-state index >= 15 is 0 Å². The summed E-state index contributed by atoms with van der Waals surface area (Å²) < 4.78 is 19.4. The smallest absolute Gasteiger partial charge is 0.410 e. The summed E-state index contributed by atoms with van der Waals surface area (Å²) in [5.41, 5.74) is 6.18. The highest BCUT2D eigenvalue weighted by molar-refractivity contribution is 9.10. The summed E-state index contributed by atoms with van der Waals surface area (Å²) >= 11 is 5.00. The molecule has 0 aliphatic carbocycles. The zero-order valence-corrected chi connectivity index (χ0v) is 22.9. The highest BCUT2D eigenvalue weighted by Crippen LogP contribution is 2.43. The van der Waals surface area contributed by atoms with E-state index in [2.05, 4.69) is 25.9 Å². The molecule has 0 spiro atoms. The first-order valence-electron chi connectivity index (χ1n) is 11.9. The van der Waals surface area contributed by atoms with Crippen LogP contribution in [-0.4, -0.2) is 55.5 Å². The van der Waals surface area contributed by atoms with Crippen LogP contribution in [0.15, 0.2) is 33.0 Å². The third kappa shape index (κ3) is 5.34. The predicted molar refractivity (Wildman–Crippen MR) is 138 cm³/mol. The number of fused-ring (bicyclic) bond motifs is 2. The quantitative estimate of drug-likeness (QED) is 0.438. The molecule has 36 heavy (non-hydrogen) atoms. The molecule has 5 rings (SSSR count). The molecule has 10 nitrogen and oxygen atoms in total. The summed E-state index contributed by atoms with van der Waals surface area (Å²) in [4.78, 5) is 29.3. The number of imidazole rings is 1. The molecule has 2 N–H and O–H groups in total.